The average Bonchev–Trinajstić information content (AvgIpc) is 2.96. The molecule has 3 unspecified atom stereocenters. The largest absolute Gasteiger partial charge is 0.489 e. The number of rotatable bonds is 2. The Hall–Kier alpha value is -2.91. The molecule has 1 saturated carbocycles. The van der Waals surface area contributed by atoms with E-state index in [-0.39, 0.29) is 11.9 Å². The number of aliphatic hydroxyl groups is 1. The minimum Gasteiger partial charge on any atom is -0.489 e. The number of ketones is 1. The summed E-state index contributed by atoms with van der Waals surface area (Å²) in [7, 11) is 0. The third-order valence-electron chi connectivity index (χ3n) is 6.09. The lowest BCUT2D eigenvalue weighted by molar-refractivity contribution is -0.0198. The Labute approximate surface area is 158 Å². The van der Waals surface area contributed by atoms with Crippen molar-refractivity contribution in [1.82, 2.24) is 0 Å². The van der Waals surface area contributed by atoms with Crippen molar-refractivity contribution < 1.29 is 14.6 Å². The first-order chi connectivity index (χ1) is 13.1. The Morgan fingerprint density at radius 2 is 1.37 bits per heavy atom. The van der Waals surface area contributed by atoms with Gasteiger partial charge in [0.2, 0.25) is 0 Å². The highest BCUT2D eigenvalue weighted by Crippen LogP contribution is 2.58. The number of para-hydroxylation sites is 1. The number of fused-ring (bicyclic) bond motifs is 3. The van der Waals surface area contributed by atoms with Gasteiger partial charge in [-0.25, -0.2) is 0 Å². The first-order valence-electron chi connectivity index (χ1n) is 9.29. The summed E-state index contributed by atoms with van der Waals surface area (Å²) in [5.74, 6) is 0.538. The van der Waals surface area contributed by atoms with Gasteiger partial charge in [0.05, 0.1) is 11.0 Å². The fourth-order valence-electron chi connectivity index (χ4n) is 4.91. The van der Waals surface area contributed by atoms with Gasteiger partial charge in [0.1, 0.15) is 17.5 Å². The number of hydrogen-bond acceptors (Lipinski definition) is 3. The van der Waals surface area contributed by atoms with Crippen molar-refractivity contribution in [2.45, 2.75) is 30.0 Å². The molecule has 3 nitrogen and oxygen atoms in total. The summed E-state index contributed by atoms with van der Waals surface area (Å²) in [6, 6.07) is 26.6. The Bertz CT molecular complexity index is 998. The van der Waals surface area contributed by atoms with Gasteiger partial charge >= 0.3 is 0 Å². The van der Waals surface area contributed by atoms with E-state index in [1.54, 1.807) is 6.07 Å². The predicted molar refractivity (Wildman–Crippen MR) is 103 cm³/mol. The molecule has 3 aromatic carbocycles. The minimum atomic E-state index is -1.33. The van der Waals surface area contributed by atoms with Gasteiger partial charge in [-0.15, -0.1) is 0 Å². The topological polar surface area (TPSA) is 46.5 Å². The fourth-order valence-corrected chi connectivity index (χ4v) is 4.91. The number of benzene rings is 3. The molecular weight excluding hydrogens is 336 g/mol. The summed E-state index contributed by atoms with van der Waals surface area (Å²) in [5, 5.41) is 12.1. The van der Waals surface area contributed by atoms with Gasteiger partial charge < -0.3 is 9.84 Å². The quantitative estimate of drug-likeness (QED) is 0.747. The van der Waals surface area contributed by atoms with E-state index in [0.29, 0.717) is 24.2 Å². The van der Waals surface area contributed by atoms with E-state index < -0.39 is 11.0 Å². The van der Waals surface area contributed by atoms with Gasteiger partial charge in [-0.3, -0.25) is 4.79 Å². The molecule has 1 N–H and O–H groups in total. The SMILES string of the molecule is O=C1c2ccccc2OC2CC(O)(c3ccccc3)C1(c1ccccc1)C2. The van der Waals surface area contributed by atoms with Gasteiger partial charge in [-0.05, 0) is 23.3 Å². The molecule has 1 fully saturated rings. The molecular formula is C24H20O3. The molecule has 5 rings (SSSR count). The highest BCUT2D eigenvalue weighted by molar-refractivity contribution is 6.08. The lowest BCUT2D eigenvalue weighted by Gasteiger charge is -2.42. The molecule has 2 bridgehead atoms. The number of carbonyl (C=O) groups excluding carboxylic acids is 1. The standard InChI is InChI=1S/C24H20O3/c25-22-20-13-7-8-14-21(20)27-19-15-23(22,17-9-3-1-4-10-17)24(26,16-19)18-11-5-2-6-12-18/h1-14,19,26H,15-16H2. The Balaban J connectivity index is 1.82. The summed E-state index contributed by atoms with van der Waals surface area (Å²) in [4.78, 5) is 14.0. The molecule has 134 valence electrons. The van der Waals surface area contributed by atoms with Crippen LogP contribution in [0.25, 0.3) is 0 Å². The predicted octanol–water partition coefficient (Wildman–Crippen LogP) is 4.25. The van der Waals surface area contributed by atoms with Crippen molar-refractivity contribution in [3.05, 3.63) is 102 Å². The van der Waals surface area contributed by atoms with Gasteiger partial charge in [0.25, 0.3) is 0 Å². The van der Waals surface area contributed by atoms with Crippen LogP contribution in [0.15, 0.2) is 84.9 Å². The number of Topliss-reactive ketones (excluding diaryl/α,β-unsaturated/α-hetero) is 1. The summed E-state index contributed by atoms with van der Waals surface area (Å²) >= 11 is 0. The molecule has 0 spiro atoms. The molecule has 3 aromatic rings. The van der Waals surface area contributed by atoms with Gasteiger partial charge in [-0.1, -0.05) is 72.8 Å². The van der Waals surface area contributed by atoms with Crippen LogP contribution < -0.4 is 4.74 Å². The summed E-state index contributed by atoms with van der Waals surface area (Å²) in [5.41, 5.74) is -0.271. The molecule has 0 radical (unpaired) electrons. The zero-order chi connectivity index (χ0) is 18.5. The zero-order valence-electron chi connectivity index (χ0n) is 14.8. The second-order valence-corrected chi connectivity index (χ2v) is 7.47. The molecule has 1 aliphatic carbocycles. The lowest BCUT2D eigenvalue weighted by Crippen LogP contribution is -2.51. The van der Waals surface area contributed by atoms with Gasteiger partial charge in [0.15, 0.2) is 5.78 Å². The first-order valence-corrected chi connectivity index (χ1v) is 9.29. The van der Waals surface area contributed by atoms with Crippen molar-refractivity contribution in [2.24, 2.45) is 0 Å². The maximum absolute atomic E-state index is 14.0. The molecule has 1 heterocycles. The summed E-state index contributed by atoms with van der Waals surface area (Å²) < 4.78 is 6.20. The smallest absolute Gasteiger partial charge is 0.180 e. The average molecular weight is 356 g/mol. The van der Waals surface area contributed by atoms with Crippen LogP contribution in [0.1, 0.15) is 34.3 Å². The molecule has 3 atom stereocenters. The summed E-state index contributed by atoms with van der Waals surface area (Å²) in [6.45, 7) is 0. The number of hydrogen-bond donors (Lipinski definition) is 1. The lowest BCUT2D eigenvalue weighted by atomic mass is 9.62. The van der Waals surface area contributed by atoms with Crippen LogP contribution in [-0.4, -0.2) is 17.0 Å². The number of ether oxygens (including phenoxy) is 1. The molecule has 0 saturated heterocycles. The van der Waals surface area contributed by atoms with Crippen molar-refractivity contribution in [3.8, 4) is 5.75 Å². The maximum atomic E-state index is 14.0. The van der Waals surface area contributed by atoms with E-state index in [1.807, 2.05) is 78.9 Å². The molecule has 0 amide bonds. The molecule has 3 heteroatoms. The van der Waals surface area contributed by atoms with Crippen molar-refractivity contribution in [1.29, 1.82) is 0 Å². The van der Waals surface area contributed by atoms with Crippen LogP contribution in [-0.2, 0) is 11.0 Å². The highest BCUT2D eigenvalue weighted by Gasteiger charge is 2.65. The Morgan fingerprint density at radius 3 is 2.07 bits per heavy atom. The van der Waals surface area contributed by atoms with Gasteiger partial charge in [-0.2, -0.15) is 0 Å². The number of carbonyl (C=O) groups is 1. The van der Waals surface area contributed by atoms with Crippen LogP contribution in [0, 0.1) is 0 Å². The van der Waals surface area contributed by atoms with Crippen LogP contribution in [0.2, 0.25) is 0 Å². The third-order valence-corrected chi connectivity index (χ3v) is 6.09. The minimum absolute atomic E-state index is 0.0735. The van der Waals surface area contributed by atoms with Crippen molar-refractivity contribution >= 4 is 5.78 Å². The molecule has 1 aliphatic heterocycles. The van der Waals surface area contributed by atoms with Crippen LogP contribution in [0.3, 0.4) is 0 Å². The second-order valence-electron chi connectivity index (χ2n) is 7.47. The zero-order valence-corrected chi connectivity index (χ0v) is 14.8. The second kappa shape index (κ2) is 5.80. The van der Waals surface area contributed by atoms with E-state index in [2.05, 4.69) is 0 Å². The first kappa shape index (κ1) is 16.3. The summed E-state index contributed by atoms with van der Waals surface area (Å²) in [6.07, 6.45) is 0.602. The highest BCUT2D eigenvalue weighted by atomic mass is 16.5. The Morgan fingerprint density at radius 1 is 0.778 bits per heavy atom. The van der Waals surface area contributed by atoms with Crippen LogP contribution >= 0.6 is 0 Å². The molecule has 2 aliphatic rings. The maximum Gasteiger partial charge on any atom is 0.180 e. The normalized spacial score (nSPS) is 28.9. The van der Waals surface area contributed by atoms with Crippen molar-refractivity contribution in [2.75, 3.05) is 0 Å². The van der Waals surface area contributed by atoms with Crippen LogP contribution in [0.5, 0.6) is 5.75 Å². The van der Waals surface area contributed by atoms with Crippen LogP contribution in [0.4, 0.5) is 0 Å². The van der Waals surface area contributed by atoms with E-state index >= 15 is 0 Å². The van der Waals surface area contributed by atoms with E-state index in [9.17, 15) is 9.90 Å². The molecule has 27 heavy (non-hydrogen) atoms. The Kier molecular flexibility index (Phi) is 3.49. The van der Waals surface area contributed by atoms with Crippen molar-refractivity contribution in [3.63, 3.8) is 0 Å². The van der Waals surface area contributed by atoms with E-state index in [4.69, 9.17) is 4.74 Å². The van der Waals surface area contributed by atoms with E-state index in [1.165, 1.54) is 0 Å². The molecule has 0 aromatic heterocycles. The third kappa shape index (κ3) is 2.15. The fraction of sp³-hybridized carbons (Fsp3) is 0.208. The van der Waals surface area contributed by atoms with Gasteiger partial charge in [0, 0.05) is 12.8 Å². The monoisotopic (exact) mass is 356 g/mol. The van der Waals surface area contributed by atoms with E-state index in [0.717, 1.165) is 11.1 Å².